The smallest absolute Gasteiger partial charge is 0.175 e. The largest absolute Gasteiger partial charge is 0.465 e. The molecule has 4 rings (SSSR count). The van der Waals surface area contributed by atoms with Gasteiger partial charge in [0.25, 0.3) is 0 Å². The van der Waals surface area contributed by atoms with E-state index >= 15 is 0 Å². The molecule has 3 unspecified atom stereocenters. The Balaban J connectivity index is 2.05. The van der Waals surface area contributed by atoms with Gasteiger partial charge in [0, 0.05) is 25.1 Å². The molecule has 4 nitrogen and oxygen atoms in total. The van der Waals surface area contributed by atoms with E-state index in [4.69, 9.17) is 9.47 Å². The molecule has 2 aromatic rings. The van der Waals surface area contributed by atoms with Gasteiger partial charge in [-0.25, -0.2) is 0 Å². The summed E-state index contributed by atoms with van der Waals surface area (Å²) in [5.41, 5.74) is 4.48. The molecular formula is C24H29NO3. The third kappa shape index (κ3) is 2.75. The Morgan fingerprint density at radius 2 is 1.93 bits per heavy atom. The Morgan fingerprint density at radius 1 is 1.25 bits per heavy atom. The summed E-state index contributed by atoms with van der Waals surface area (Å²) >= 11 is 0. The second-order valence-corrected chi connectivity index (χ2v) is 8.34. The minimum Gasteiger partial charge on any atom is -0.465 e. The number of hydrogen-bond donors (Lipinski definition) is 2. The van der Waals surface area contributed by atoms with Crippen molar-refractivity contribution in [2.45, 2.75) is 57.8 Å². The highest BCUT2D eigenvalue weighted by Gasteiger charge is 2.58. The summed E-state index contributed by atoms with van der Waals surface area (Å²) in [6.45, 7) is 12.1. The van der Waals surface area contributed by atoms with Gasteiger partial charge in [-0.15, -0.1) is 0 Å². The van der Waals surface area contributed by atoms with Crippen LogP contribution in [0.15, 0.2) is 48.4 Å². The first-order valence-corrected chi connectivity index (χ1v) is 9.91. The molecule has 0 amide bonds. The van der Waals surface area contributed by atoms with E-state index in [-0.39, 0.29) is 12.0 Å². The second kappa shape index (κ2) is 6.64. The van der Waals surface area contributed by atoms with Gasteiger partial charge in [-0.1, -0.05) is 44.7 Å². The topological polar surface area (TPSA) is 50.7 Å². The lowest BCUT2D eigenvalue weighted by Crippen LogP contribution is -2.63. The van der Waals surface area contributed by atoms with E-state index in [0.717, 1.165) is 22.6 Å². The van der Waals surface area contributed by atoms with E-state index in [1.165, 1.54) is 16.3 Å². The van der Waals surface area contributed by atoms with Gasteiger partial charge >= 0.3 is 0 Å². The first-order chi connectivity index (χ1) is 13.3. The van der Waals surface area contributed by atoms with Gasteiger partial charge in [-0.05, 0) is 47.7 Å². The molecule has 1 saturated carbocycles. The normalized spacial score (nSPS) is 27.5. The van der Waals surface area contributed by atoms with Crippen molar-refractivity contribution in [3.05, 3.63) is 65.1 Å². The lowest BCUT2D eigenvalue weighted by atomic mass is 9.64. The summed E-state index contributed by atoms with van der Waals surface area (Å²) in [4.78, 5) is 0. The van der Waals surface area contributed by atoms with Gasteiger partial charge in [-0.2, -0.15) is 0 Å². The highest BCUT2D eigenvalue weighted by atomic mass is 16.6. The monoisotopic (exact) mass is 379 g/mol. The van der Waals surface area contributed by atoms with Crippen LogP contribution in [0, 0.1) is 0 Å². The Kier molecular flexibility index (Phi) is 4.52. The highest BCUT2D eigenvalue weighted by Crippen LogP contribution is 2.54. The van der Waals surface area contributed by atoms with E-state index in [9.17, 15) is 5.11 Å². The molecule has 0 aromatic heterocycles. The Morgan fingerprint density at radius 3 is 2.54 bits per heavy atom. The molecule has 148 valence electrons. The molecule has 0 saturated heterocycles. The zero-order chi connectivity index (χ0) is 20.2. The molecule has 2 N–H and O–H groups in total. The maximum atomic E-state index is 11.0. The second-order valence-electron chi connectivity index (χ2n) is 8.34. The predicted molar refractivity (Wildman–Crippen MR) is 113 cm³/mol. The first kappa shape index (κ1) is 19.0. The molecule has 1 fully saturated rings. The van der Waals surface area contributed by atoms with Crippen LogP contribution in [0.1, 0.15) is 62.6 Å². The molecule has 1 aliphatic carbocycles. The lowest BCUT2D eigenvalue weighted by molar-refractivity contribution is -0.257. The van der Waals surface area contributed by atoms with Gasteiger partial charge in [0.05, 0.1) is 17.4 Å². The van der Waals surface area contributed by atoms with Crippen LogP contribution in [0.25, 0.3) is 16.5 Å². The van der Waals surface area contributed by atoms with Crippen molar-refractivity contribution in [3.8, 4) is 0 Å². The van der Waals surface area contributed by atoms with Crippen molar-refractivity contribution in [1.82, 2.24) is 5.32 Å². The van der Waals surface area contributed by atoms with E-state index in [2.05, 4.69) is 56.1 Å². The van der Waals surface area contributed by atoms with E-state index < -0.39 is 5.79 Å². The van der Waals surface area contributed by atoms with Crippen LogP contribution in [-0.4, -0.2) is 24.0 Å². The van der Waals surface area contributed by atoms with Crippen molar-refractivity contribution in [2.24, 2.45) is 0 Å². The number of hydrogen-bond acceptors (Lipinski definition) is 4. The molecule has 1 heterocycles. The van der Waals surface area contributed by atoms with Crippen molar-refractivity contribution in [1.29, 1.82) is 0 Å². The molecule has 28 heavy (non-hydrogen) atoms. The zero-order valence-corrected chi connectivity index (χ0v) is 17.3. The standard InChI is InChI=1S/C24H29NO3/c1-13(2)18-11-19-21(17-10-8-7-9-16(17)18)22-20(12-24(22,26)27-6)25-23(19)15(5)28-14(3)4/h7-11,13,20,22,25-26H,3,12H2,1-2,4-6H3/b23-15+. The summed E-state index contributed by atoms with van der Waals surface area (Å²) < 4.78 is 11.4. The fourth-order valence-corrected chi connectivity index (χ4v) is 4.80. The van der Waals surface area contributed by atoms with Crippen molar-refractivity contribution in [3.63, 3.8) is 0 Å². The number of allylic oxidation sites excluding steroid dienone is 2. The van der Waals surface area contributed by atoms with Crippen LogP contribution in [-0.2, 0) is 9.47 Å². The number of methoxy groups -OCH3 is 1. The fraction of sp³-hybridized carbons (Fsp3) is 0.417. The van der Waals surface area contributed by atoms with E-state index in [1.807, 2.05) is 13.8 Å². The summed E-state index contributed by atoms with van der Waals surface area (Å²) in [5, 5.41) is 17.1. The van der Waals surface area contributed by atoms with Crippen molar-refractivity contribution in [2.75, 3.05) is 7.11 Å². The lowest BCUT2D eigenvalue weighted by Gasteiger charge is -2.54. The average molecular weight is 380 g/mol. The quantitative estimate of drug-likeness (QED) is 0.580. The molecule has 4 heteroatoms. The predicted octanol–water partition coefficient (Wildman–Crippen LogP) is 5.00. The SMILES string of the molecule is C=C(C)O/C(C)=C1/NC2CC(O)(OC)C2c2c1cc(C(C)C)c1ccccc21. The number of fused-ring (bicyclic) bond motifs is 5. The van der Waals surface area contributed by atoms with Crippen LogP contribution in [0.5, 0.6) is 0 Å². The van der Waals surface area contributed by atoms with Gasteiger partial charge in [0.15, 0.2) is 5.79 Å². The van der Waals surface area contributed by atoms with Gasteiger partial charge in [0.1, 0.15) is 5.76 Å². The number of nitrogens with one attached hydrogen (secondary N) is 1. The molecule has 2 aromatic carbocycles. The first-order valence-electron chi connectivity index (χ1n) is 9.91. The number of ether oxygens (including phenoxy) is 2. The summed E-state index contributed by atoms with van der Waals surface area (Å²) in [6.07, 6.45) is 0.539. The molecular weight excluding hydrogens is 350 g/mol. The molecule has 2 aliphatic rings. The zero-order valence-electron chi connectivity index (χ0n) is 17.3. The number of rotatable bonds is 4. The third-order valence-electron chi connectivity index (χ3n) is 6.08. The van der Waals surface area contributed by atoms with Crippen LogP contribution in [0.4, 0.5) is 0 Å². The summed E-state index contributed by atoms with van der Waals surface area (Å²) in [5.74, 6) is 0.551. The van der Waals surface area contributed by atoms with Crippen molar-refractivity contribution < 1.29 is 14.6 Å². The van der Waals surface area contributed by atoms with Crippen molar-refractivity contribution >= 4 is 16.5 Å². The molecule has 3 atom stereocenters. The number of aliphatic hydroxyl groups is 1. The molecule has 0 bridgehead atoms. The van der Waals surface area contributed by atoms with Crippen LogP contribution in [0.3, 0.4) is 0 Å². The minimum atomic E-state index is -1.15. The fourth-order valence-electron chi connectivity index (χ4n) is 4.80. The van der Waals surface area contributed by atoms with E-state index in [0.29, 0.717) is 18.1 Å². The Bertz CT molecular complexity index is 991. The molecule has 0 spiro atoms. The molecule has 1 aliphatic heterocycles. The van der Waals surface area contributed by atoms with Crippen LogP contribution < -0.4 is 5.32 Å². The van der Waals surface area contributed by atoms with Gasteiger partial charge < -0.3 is 19.9 Å². The van der Waals surface area contributed by atoms with Gasteiger partial charge in [0.2, 0.25) is 0 Å². The highest BCUT2D eigenvalue weighted by molar-refractivity contribution is 5.95. The van der Waals surface area contributed by atoms with Gasteiger partial charge in [-0.3, -0.25) is 0 Å². The summed E-state index contributed by atoms with van der Waals surface area (Å²) in [6, 6.07) is 10.8. The Hall–Kier alpha value is -2.30. The van der Waals surface area contributed by atoms with Crippen LogP contribution >= 0.6 is 0 Å². The Labute approximate surface area is 166 Å². The number of benzene rings is 2. The van der Waals surface area contributed by atoms with Crippen LogP contribution in [0.2, 0.25) is 0 Å². The molecule has 0 radical (unpaired) electrons. The third-order valence-corrected chi connectivity index (χ3v) is 6.08. The maximum Gasteiger partial charge on any atom is 0.175 e. The maximum absolute atomic E-state index is 11.0. The summed E-state index contributed by atoms with van der Waals surface area (Å²) in [7, 11) is 1.58. The average Bonchev–Trinajstić information content (AvgIpc) is 2.64. The minimum absolute atomic E-state index is 0.101. The van der Waals surface area contributed by atoms with E-state index in [1.54, 1.807) is 7.11 Å².